The molecule has 6 rings (SSSR count). The maximum atomic E-state index is 12.1. The Labute approximate surface area is 275 Å². The molecule has 6 heterocycles. The normalized spacial score (nSPS) is 19.8. The molecule has 15 heteroatoms. The third-order valence-corrected chi connectivity index (χ3v) is 8.46. The third kappa shape index (κ3) is 6.15. The van der Waals surface area contributed by atoms with E-state index in [1.54, 1.807) is 30.6 Å². The predicted molar refractivity (Wildman–Crippen MR) is 175 cm³/mol. The fraction of sp³-hybridized carbons (Fsp3) is 0.469. The van der Waals surface area contributed by atoms with Crippen LogP contribution in [0.3, 0.4) is 0 Å². The highest BCUT2D eigenvalue weighted by molar-refractivity contribution is 5.96. The van der Waals surface area contributed by atoms with Crippen molar-refractivity contribution in [2.45, 2.75) is 48.5 Å². The second-order valence-electron chi connectivity index (χ2n) is 11.7. The molecule has 0 bridgehead atoms. The molecule has 47 heavy (non-hydrogen) atoms. The number of likely N-dealkylation sites (N-methyl/N-ethyl adjacent to an activating group) is 2. The number of nitrogens with zero attached hydrogens (tertiary/aromatic N) is 9. The summed E-state index contributed by atoms with van der Waals surface area (Å²) in [4.78, 5) is 65.4. The molecule has 0 unspecified atom stereocenters. The molecule has 6 aliphatic rings. The lowest BCUT2D eigenvalue weighted by Crippen LogP contribution is -2.45. The molecule has 0 radical (unpaired) electrons. The van der Waals surface area contributed by atoms with Crippen molar-refractivity contribution >= 4 is 30.2 Å². The van der Waals surface area contributed by atoms with Gasteiger partial charge in [0.2, 0.25) is 17.7 Å². The second-order valence-corrected chi connectivity index (χ2v) is 11.7. The Hall–Kier alpha value is -4.89. The number of hydrogen-bond donors (Lipinski definition) is 1. The Bertz CT molecular complexity index is 1600. The molecular formula is C32H44N10O5. The largest absolute Gasteiger partial charge is 0.352 e. The first-order valence-electron chi connectivity index (χ1n) is 15.6. The number of fused-ring (bicyclic) bond motifs is 4. The van der Waals surface area contributed by atoms with Gasteiger partial charge in [-0.1, -0.05) is 0 Å². The number of carbonyl (C=O) groups is 3. The molecule has 0 aromatic heterocycles. The van der Waals surface area contributed by atoms with E-state index in [2.05, 4.69) is 48.7 Å². The monoisotopic (exact) mass is 648 g/mol. The third-order valence-electron chi connectivity index (χ3n) is 8.46. The Kier molecular flexibility index (Phi) is 9.58. The van der Waals surface area contributed by atoms with Gasteiger partial charge in [0.05, 0.1) is 61.8 Å². The fourth-order valence-corrected chi connectivity index (χ4v) is 6.36. The van der Waals surface area contributed by atoms with Gasteiger partial charge < -0.3 is 24.9 Å². The van der Waals surface area contributed by atoms with Crippen LogP contribution in [-0.4, -0.2) is 119 Å². The summed E-state index contributed by atoms with van der Waals surface area (Å²) in [6, 6.07) is 0. The molecule has 0 atom stereocenters. The van der Waals surface area contributed by atoms with Crippen molar-refractivity contribution < 1.29 is 24.1 Å². The molecule has 0 saturated carbocycles. The highest BCUT2D eigenvalue weighted by Gasteiger charge is 2.39. The number of rotatable bonds is 6. The van der Waals surface area contributed by atoms with Gasteiger partial charge in [0.1, 0.15) is 36.4 Å². The van der Waals surface area contributed by atoms with E-state index in [0.29, 0.717) is 31.3 Å². The summed E-state index contributed by atoms with van der Waals surface area (Å²) in [6.45, 7) is 16.7. The van der Waals surface area contributed by atoms with E-state index >= 15 is 0 Å². The zero-order valence-corrected chi connectivity index (χ0v) is 28.6. The Balaban J connectivity index is 0.000000186. The lowest BCUT2D eigenvalue weighted by atomic mass is 10.0. The van der Waals surface area contributed by atoms with Gasteiger partial charge in [-0.3, -0.25) is 24.1 Å². The molecule has 3 amide bonds. The van der Waals surface area contributed by atoms with E-state index < -0.39 is 0 Å². The van der Waals surface area contributed by atoms with Gasteiger partial charge >= 0.3 is 0 Å². The fourth-order valence-electron chi connectivity index (χ4n) is 6.36. The number of imide groups is 1. The highest BCUT2D eigenvalue weighted by atomic mass is 16.7. The number of allylic oxidation sites excluding steroid dienone is 2. The van der Waals surface area contributed by atoms with Crippen molar-refractivity contribution in [1.82, 2.24) is 39.9 Å². The Morgan fingerprint density at radius 3 is 1.70 bits per heavy atom. The second kappa shape index (κ2) is 13.5. The first-order valence-corrected chi connectivity index (χ1v) is 15.6. The summed E-state index contributed by atoms with van der Waals surface area (Å²) in [5.74, 6) is 1.21. The van der Waals surface area contributed by atoms with E-state index in [-0.39, 0.29) is 17.7 Å². The predicted octanol–water partition coefficient (Wildman–Crippen LogP) is 2.19. The van der Waals surface area contributed by atoms with Crippen LogP contribution < -0.4 is 5.32 Å². The first-order chi connectivity index (χ1) is 22.4. The number of carbonyl (C=O) groups excluding carboxylic acids is 3. The summed E-state index contributed by atoms with van der Waals surface area (Å²) in [5.41, 5.74) is 6.82. The molecule has 0 aliphatic carbocycles. The van der Waals surface area contributed by atoms with Crippen molar-refractivity contribution in [2.75, 3.05) is 53.7 Å². The summed E-state index contributed by atoms with van der Waals surface area (Å²) < 4.78 is 0. The first kappa shape index (κ1) is 33.5. The Morgan fingerprint density at radius 2 is 1.26 bits per heavy atom. The quantitative estimate of drug-likeness (QED) is 0.455. The molecular weight excluding hydrogens is 604 g/mol. The van der Waals surface area contributed by atoms with Crippen LogP contribution in [0.15, 0.2) is 79.4 Å². The highest BCUT2D eigenvalue weighted by Crippen LogP contribution is 2.39. The van der Waals surface area contributed by atoms with Crippen LogP contribution in [-0.2, 0) is 24.1 Å². The van der Waals surface area contributed by atoms with E-state index in [1.165, 1.54) is 25.7 Å². The van der Waals surface area contributed by atoms with Gasteiger partial charge in [-0.25, -0.2) is 25.0 Å². The summed E-state index contributed by atoms with van der Waals surface area (Å²) >= 11 is 0. The maximum absolute atomic E-state index is 12.1. The van der Waals surface area contributed by atoms with Crippen molar-refractivity contribution in [2.24, 2.45) is 9.98 Å². The minimum Gasteiger partial charge on any atom is -0.352 e. The molecule has 0 aromatic rings. The van der Waals surface area contributed by atoms with Crippen LogP contribution in [0.5, 0.6) is 0 Å². The van der Waals surface area contributed by atoms with Gasteiger partial charge in [0.25, 0.3) is 0 Å². The summed E-state index contributed by atoms with van der Waals surface area (Å²) in [6.07, 6.45) is 7.35. The van der Waals surface area contributed by atoms with Crippen molar-refractivity contribution in [3.05, 3.63) is 69.4 Å². The molecule has 0 fully saturated rings. The minimum absolute atomic E-state index is 0.0809. The number of amides is 3. The van der Waals surface area contributed by atoms with Crippen molar-refractivity contribution in [1.29, 1.82) is 0 Å². The van der Waals surface area contributed by atoms with Crippen LogP contribution in [0.25, 0.3) is 0 Å². The number of aliphatic imine (C=N–C) groups is 2. The van der Waals surface area contributed by atoms with Crippen LogP contribution in [0.4, 0.5) is 0 Å². The number of nitrogens with one attached hydrogen (secondary N) is 1. The van der Waals surface area contributed by atoms with E-state index in [0.717, 1.165) is 65.2 Å². The topological polar surface area (TPSA) is 129 Å². The van der Waals surface area contributed by atoms with E-state index in [9.17, 15) is 14.4 Å². The average molecular weight is 649 g/mol. The van der Waals surface area contributed by atoms with E-state index in [1.807, 2.05) is 32.5 Å². The lowest BCUT2D eigenvalue weighted by molar-refractivity contribution is -0.139. The molecule has 0 aromatic carbocycles. The van der Waals surface area contributed by atoms with Gasteiger partial charge in [0.15, 0.2) is 0 Å². The zero-order valence-electron chi connectivity index (χ0n) is 28.6. The lowest BCUT2D eigenvalue weighted by Gasteiger charge is -2.41. The zero-order chi connectivity index (χ0) is 34.2. The van der Waals surface area contributed by atoms with Crippen LogP contribution >= 0.6 is 0 Å². The number of hydrogen-bond acceptors (Lipinski definition) is 13. The van der Waals surface area contributed by atoms with Crippen LogP contribution in [0.2, 0.25) is 0 Å². The van der Waals surface area contributed by atoms with Gasteiger partial charge in [-0.2, -0.15) is 0 Å². The van der Waals surface area contributed by atoms with Gasteiger partial charge in [0, 0.05) is 47.0 Å². The SMILES string of the molecule is CCN1CC(C)=C(N(C(C)=O)C(C)=O)C2=C1N1CN(OC)C=C1C=N2.CCN1CC(C)=C(NC(C)=O)C2=C1N1CN(OC)C=C1C=N2. The minimum atomic E-state index is -0.310. The molecule has 252 valence electrons. The van der Waals surface area contributed by atoms with Gasteiger partial charge in [-0.15, -0.1) is 0 Å². The smallest absolute Gasteiger partial charge is 0.230 e. The average Bonchev–Trinajstić information content (AvgIpc) is 3.66. The van der Waals surface area contributed by atoms with Crippen molar-refractivity contribution in [3.63, 3.8) is 0 Å². The standard InChI is InChI=1S/C17H23N5O3.C15H21N5O2/c1-6-19-8-11(2)16(22(12(3)23)13(4)24)15-17(19)21-10-20(25-5)9-14(21)7-18-15;1-5-18-7-10(2)13(17-11(3)21)14-15(18)20-9-19(22-4)8-12(20)6-16-14/h7,9H,6,8,10H2,1-5H3;6,8H,5,7,9H2,1-4H3,(H,17,21). The van der Waals surface area contributed by atoms with Gasteiger partial charge in [-0.05, 0) is 38.8 Å². The maximum Gasteiger partial charge on any atom is 0.230 e. The summed E-state index contributed by atoms with van der Waals surface area (Å²) in [5, 5.41) is 6.40. The molecule has 15 nitrogen and oxygen atoms in total. The van der Waals surface area contributed by atoms with E-state index in [4.69, 9.17) is 9.68 Å². The van der Waals surface area contributed by atoms with Crippen LogP contribution in [0.1, 0.15) is 48.5 Å². The molecule has 6 aliphatic heterocycles. The molecule has 0 saturated heterocycles. The molecule has 0 spiro atoms. The molecule has 1 N–H and O–H groups in total. The Morgan fingerprint density at radius 1 is 0.787 bits per heavy atom. The summed E-state index contributed by atoms with van der Waals surface area (Å²) in [7, 11) is 3.26. The van der Waals surface area contributed by atoms with Crippen molar-refractivity contribution in [3.8, 4) is 0 Å². The number of hydroxylamine groups is 4. The van der Waals surface area contributed by atoms with Crippen LogP contribution in [0, 0.1) is 0 Å².